The summed E-state index contributed by atoms with van der Waals surface area (Å²) in [5, 5.41) is 0. The molecular weight excluding hydrogens is 402 g/mol. The van der Waals surface area contributed by atoms with Crippen molar-refractivity contribution in [3.63, 3.8) is 0 Å². The minimum absolute atomic E-state index is 0.0600. The molecule has 0 aliphatic carbocycles. The quantitative estimate of drug-likeness (QED) is 0.656. The van der Waals surface area contributed by atoms with E-state index in [1.54, 1.807) is 11.4 Å². The van der Waals surface area contributed by atoms with Crippen LogP contribution in [0, 0.1) is 5.92 Å². The third-order valence-electron chi connectivity index (χ3n) is 6.20. The fourth-order valence-corrected chi connectivity index (χ4v) is 5.96. The van der Waals surface area contributed by atoms with Gasteiger partial charge < -0.3 is 14.5 Å². The van der Waals surface area contributed by atoms with Crippen LogP contribution in [0.25, 0.3) is 0 Å². The maximum Gasteiger partial charge on any atom is 0.225 e. The SMILES string of the molecule is CCCCS(=O)(=O)N1CCC(C(=O)N2CCCN(c3ccc(OC)cc3)CC2)CC1. The molecule has 1 amide bonds. The number of piperidine rings is 1. The molecule has 0 spiro atoms. The normalized spacial score (nSPS) is 19.5. The molecule has 8 heteroatoms. The first-order valence-corrected chi connectivity index (χ1v) is 12.7. The number of unbranched alkanes of at least 4 members (excludes halogenated alkanes) is 1. The number of hydrogen-bond acceptors (Lipinski definition) is 5. The lowest BCUT2D eigenvalue weighted by Crippen LogP contribution is -2.45. The zero-order valence-corrected chi connectivity index (χ0v) is 19.1. The lowest BCUT2D eigenvalue weighted by Gasteiger charge is -2.33. The van der Waals surface area contributed by atoms with E-state index in [0.717, 1.165) is 43.9 Å². The molecule has 0 saturated carbocycles. The van der Waals surface area contributed by atoms with E-state index in [1.165, 1.54) is 0 Å². The van der Waals surface area contributed by atoms with Crippen LogP contribution in [0.5, 0.6) is 5.75 Å². The van der Waals surface area contributed by atoms with E-state index in [2.05, 4.69) is 17.0 Å². The first-order chi connectivity index (χ1) is 14.4. The maximum absolute atomic E-state index is 13.1. The molecule has 0 aromatic heterocycles. The number of sulfonamides is 1. The number of nitrogens with zero attached hydrogens (tertiary/aromatic N) is 3. The van der Waals surface area contributed by atoms with E-state index < -0.39 is 10.0 Å². The Bertz CT molecular complexity index is 789. The second-order valence-corrected chi connectivity index (χ2v) is 10.3. The fourth-order valence-electron chi connectivity index (χ4n) is 4.28. The molecule has 0 atom stereocenters. The molecule has 0 unspecified atom stereocenters. The number of carbonyl (C=O) groups is 1. The summed E-state index contributed by atoms with van der Waals surface area (Å²) in [5.41, 5.74) is 1.15. The van der Waals surface area contributed by atoms with Crippen LogP contribution in [-0.2, 0) is 14.8 Å². The van der Waals surface area contributed by atoms with Crippen molar-refractivity contribution in [2.75, 3.05) is 57.0 Å². The Morgan fingerprint density at radius 3 is 2.37 bits per heavy atom. The summed E-state index contributed by atoms with van der Waals surface area (Å²) in [6, 6.07) is 8.05. The van der Waals surface area contributed by atoms with Gasteiger partial charge in [-0.1, -0.05) is 13.3 Å². The number of hydrogen-bond donors (Lipinski definition) is 0. The number of methoxy groups -OCH3 is 1. The van der Waals surface area contributed by atoms with Crippen molar-refractivity contribution in [1.29, 1.82) is 0 Å². The van der Waals surface area contributed by atoms with Crippen LogP contribution in [-0.4, -0.2) is 75.7 Å². The van der Waals surface area contributed by atoms with Gasteiger partial charge in [0.25, 0.3) is 0 Å². The summed E-state index contributed by atoms with van der Waals surface area (Å²) in [7, 11) is -1.51. The molecule has 1 aromatic carbocycles. The Kier molecular flexibility index (Phi) is 7.99. The molecule has 2 aliphatic rings. The Labute approximate surface area is 181 Å². The van der Waals surface area contributed by atoms with Crippen LogP contribution in [0.3, 0.4) is 0 Å². The van der Waals surface area contributed by atoms with Gasteiger partial charge in [-0.25, -0.2) is 12.7 Å². The molecule has 0 bridgehead atoms. The first-order valence-electron chi connectivity index (χ1n) is 11.1. The molecule has 0 N–H and O–H groups in total. The topological polar surface area (TPSA) is 70.2 Å². The third kappa shape index (κ3) is 5.66. The van der Waals surface area contributed by atoms with Crippen molar-refractivity contribution in [3.8, 4) is 5.75 Å². The van der Waals surface area contributed by atoms with Gasteiger partial charge in [0.05, 0.1) is 12.9 Å². The Hall–Kier alpha value is -1.80. The third-order valence-corrected chi connectivity index (χ3v) is 8.15. The molecule has 2 saturated heterocycles. The van der Waals surface area contributed by atoms with Crippen LogP contribution in [0.2, 0.25) is 0 Å². The highest BCUT2D eigenvalue weighted by atomic mass is 32.2. The number of rotatable bonds is 7. The van der Waals surface area contributed by atoms with Crippen molar-refractivity contribution in [1.82, 2.24) is 9.21 Å². The van der Waals surface area contributed by atoms with Crippen LogP contribution in [0.1, 0.15) is 39.0 Å². The first kappa shape index (κ1) is 22.9. The van der Waals surface area contributed by atoms with Crippen molar-refractivity contribution in [2.45, 2.75) is 39.0 Å². The standard InChI is InChI=1S/C22H35N3O4S/c1-3-4-18-30(27,28)25-14-10-19(11-15-25)22(26)24-13-5-12-23(16-17-24)20-6-8-21(29-2)9-7-20/h6-9,19H,3-5,10-18H2,1-2H3. The largest absolute Gasteiger partial charge is 0.497 e. The lowest BCUT2D eigenvalue weighted by atomic mass is 9.96. The van der Waals surface area contributed by atoms with Gasteiger partial charge in [0.15, 0.2) is 0 Å². The average molecular weight is 438 g/mol. The summed E-state index contributed by atoms with van der Waals surface area (Å²) < 4.78 is 31.6. The van der Waals surface area contributed by atoms with E-state index in [4.69, 9.17) is 4.74 Å². The minimum atomic E-state index is -3.18. The van der Waals surface area contributed by atoms with Gasteiger partial charge in [-0.3, -0.25) is 4.79 Å². The number of anilines is 1. The molecule has 2 aliphatic heterocycles. The molecular formula is C22H35N3O4S. The van der Waals surface area contributed by atoms with Crippen LogP contribution in [0.4, 0.5) is 5.69 Å². The van der Waals surface area contributed by atoms with Crippen molar-refractivity contribution >= 4 is 21.6 Å². The predicted octanol–water partition coefficient (Wildman–Crippen LogP) is 2.58. The number of benzene rings is 1. The highest BCUT2D eigenvalue weighted by molar-refractivity contribution is 7.89. The van der Waals surface area contributed by atoms with E-state index in [0.29, 0.717) is 38.9 Å². The summed E-state index contributed by atoms with van der Waals surface area (Å²) in [4.78, 5) is 17.4. The van der Waals surface area contributed by atoms with Gasteiger partial charge >= 0.3 is 0 Å². The Balaban J connectivity index is 1.51. The number of carbonyl (C=O) groups excluding carboxylic acids is 1. The van der Waals surface area contributed by atoms with Crippen molar-refractivity contribution in [3.05, 3.63) is 24.3 Å². The van der Waals surface area contributed by atoms with Gasteiger partial charge in [-0.2, -0.15) is 0 Å². The molecule has 7 nitrogen and oxygen atoms in total. The van der Waals surface area contributed by atoms with Crippen LogP contribution < -0.4 is 9.64 Å². The molecule has 2 fully saturated rings. The summed E-state index contributed by atoms with van der Waals surface area (Å²) in [5.74, 6) is 1.19. The summed E-state index contributed by atoms with van der Waals surface area (Å²) >= 11 is 0. The molecule has 0 radical (unpaired) electrons. The van der Waals surface area contributed by atoms with Gasteiger partial charge in [0, 0.05) is 50.9 Å². The zero-order valence-electron chi connectivity index (χ0n) is 18.3. The molecule has 3 rings (SSSR count). The van der Waals surface area contributed by atoms with Crippen LogP contribution >= 0.6 is 0 Å². The Morgan fingerprint density at radius 1 is 1.03 bits per heavy atom. The second-order valence-electron chi connectivity index (χ2n) is 8.21. The van der Waals surface area contributed by atoms with Crippen molar-refractivity contribution < 1.29 is 17.9 Å². The van der Waals surface area contributed by atoms with Crippen LogP contribution in [0.15, 0.2) is 24.3 Å². The molecule has 168 valence electrons. The molecule has 30 heavy (non-hydrogen) atoms. The lowest BCUT2D eigenvalue weighted by molar-refractivity contribution is -0.136. The van der Waals surface area contributed by atoms with Gasteiger partial charge in [-0.15, -0.1) is 0 Å². The highest BCUT2D eigenvalue weighted by Crippen LogP contribution is 2.24. The monoisotopic (exact) mass is 437 g/mol. The smallest absolute Gasteiger partial charge is 0.225 e. The fraction of sp³-hybridized carbons (Fsp3) is 0.682. The minimum Gasteiger partial charge on any atom is -0.497 e. The second kappa shape index (κ2) is 10.5. The van der Waals surface area contributed by atoms with E-state index in [-0.39, 0.29) is 17.6 Å². The van der Waals surface area contributed by atoms with E-state index in [9.17, 15) is 13.2 Å². The number of amides is 1. The molecule has 1 aromatic rings. The summed E-state index contributed by atoms with van der Waals surface area (Å²) in [6.07, 6.45) is 3.75. The van der Waals surface area contributed by atoms with E-state index in [1.807, 2.05) is 24.0 Å². The van der Waals surface area contributed by atoms with Crippen molar-refractivity contribution in [2.24, 2.45) is 5.92 Å². The average Bonchev–Trinajstić information content (AvgIpc) is 3.04. The molecule has 2 heterocycles. The predicted molar refractivity (Wildman–Crippen MR) is 119 cm³/mol. The van der Waals surface area contributed by atoms with E-state index >= 15 is 0 Å². The van der Waals surface area contributed by atoms with Gasteiger partial charge in [0.2, 0.25) is 15.9 Å². The zero-order chi connectivity index (χ0) is 21.6. The maximum atomic E-state index is 13.1. The van der Waals surface area contributed by atoms with Gasteiger partial charge in [-0.05, 0) is 49.9 Å². The Morgan fingerprint density at radius 2 is 1.73 bits per heavy atom. The summed E-state index contributed by atoms with van der Waals surface area (Å²) in [6.45, 7) is 6.13. The highest BCUT2D eigenvalue weighted by Gasteiger charge is 2.33. The number of ether oxygens (including phenoxy) is 1. The van der Waals surface area contributed by atoms with Gasteiger partial charge in [0.1, 0.15) is 5.75 Å².